The highest BCUT2D eigenvalue weighted by atomic mass is 16.5. The highest BCUT2D eigenvalue weighted by molar-refractivity contribution is 5.68. The average molecular weight is 281 g/mol. The van der Waals surface area contributed by atoms with Crippen LogP contribution < -0.4 is 10.1 Å². The second kappa shape index (κ2) is 6.54. The lowest BCUT2D eigenvalue weighted by molar-refractivity contribution is -0.137. The van der Waals surface area contributed by atoms with Crippen molar-refractivity contribution < 1.29 is 14.6 Å². The summed E-state index contributed by atoms with van der Waals surface area (Å²) in [4.78, 5) is 19.3. The van der Waals surface area contributed by atoms with Crippen LogP contribution in [0.3, 0.4) is 0 Å². The molecular formula is C14H23N3O3. The summed E-state index contributed by atoms with van der Waals surface area (Å²) in [5.41, 5.74) is -0.213. The van der Waals surface area contributed by atoms with Crippen LogP contribution in [0.5, 0.6) is 5.88 Å². The van der Waals surface area contributed by atoms with Gasteiger partial charge in [-0.3, -0.25) is 9.78 Å². The van der Waals surface area contributed by atoms with E-state index in [0.717, 1.165) is 0 Å². The molecule has 6 heteroatoms. The molecule has 0 aliphatic rings. The van der Waals surface area contributed by atoms with E-state index < -0.39 is 5.97 Å². The van der Waals surface area contributed by atoms with Gasteiger partial charge >= 0.3 is 5.97 Å². The summed E-state index contributed by atoms with van der Waals surface area (Å²) in [6, 6.07) is -0.247. The van der Waals surface area contributed by atoms with Crippen molar-refractivity contribution in [2.75, 3.05) is 5.32 Å². The van der Waals surface area contributed by atoms with Gasteiger partial charge < -0.3 is 15.2 Å². The van der Waals surface area contributed by atoms with E-state index in [1.807, 2.05) is 34.6 Å². The van der Waals surface area contributed by atoms with E-state index in [1.54, 1.807) is 6.20 Å². The number of hydrogen-bond donors (Lipinski definition) is 2. The Balaban J connectivity index is 2.85. The largest absolute Gasteiger partial charge is 0.481 e. The van der Waals surface area contributed by atoms with Crippen LogP contribution in [0.15, 0.2) is 12.4 Å². The number of hydrogen-bond acceptors (Lipinski definition) is 5. The van der Waals surface area contributed by atoms with E-state index in [2.05, 4.69) is 15.3 Å². The van der Waals surface area contributed by atoms with Gasteiger partial charge in [-0.1, -0.05) is 20.8 Å². The third-order valence-corrected chi connectivity index (χ3v) is 2.72. The van der Waals surface area contributed by atoms with Crippen molar-refractivity contribution in [2.24, 2.45) is 5.41 Å². The topological polar surface area (TPSA) is 84.3 Å². The van der Waals surface area contributed by atoms with Gasteiger partial charge in [0.15, 0.2) is 0 Å². The van der Waals surface area contributed by atoms with Gasteiger partial charge in [-0.05, 0) is 19.3 Å². The molecule has 0 spiro atoms. The van der Waals surface area contributed by atoms with Gasteiger partial charge in [0.25, 0.3) is 0 Å². The molecule has 1 aromatic heterocycles. The van der Waals surface area contributed by atoms with Gasteiger partial charge in [0.05, 0.1) is 24.9 Å². The van der Waals surface area contributed by atoms with Crippen molar-refractivity contribution in [2.45, 2.75) is 53.2 Å². The van der Waals surface area contributed by atoms with Crippen LogP contribution in [0, 0.1) is 5.41 Å². The lowest BCUT2D eigenvalue weighted by Gasteiger charge is -2.30. The maximum atomic E-state index is 11.0. The Morgan fingerprint density at radius 3 is 2.55 bits per heavy atom. The number of nitrogens with zero attached hydrogens (tertiary/aromatic N) is 2. The number of nitrogens with one attached hydrogen (secondary N) is 1. The SMILES string of the molecule is CC(C)Oc1cncc(NC(CC(=O)O)C(C)(C)C)n1. The fourth-order valence-electron chi connectivity index (χ4n) is 1.64. The Bertz CT molecular complexity index is 455. The first-order valence-corrected chi connectivity index (χ1v) is 6.65. The zero-order chi connectivity index (χ0) is 15.3. The third-order valence-electron chi connectivity index (χ3n) is 2.72. The van der Waals surface area contributed by atoms with Crippen molar-refractivity contribution in [1.29, 1.82) is 0 Å². The minimum atomic E-state index is -0.847. The molecule has 0 saturated carbocycles. The summed E-state index contributed by atoms with van der Waals surface area (Å²) in [6.45, 7) is 9.76. The van der Waals surface area contributed by atoms with Gasteiger partial charge in [-0.15, -0.1) is 0 Å². The molecule has 1 unspecified atom stereocenters. The summed E-state index contributed by atoms with van der Waals surface area (Å²) in [7, 11) is 0. The monoisotopic (exact) mass is 281 g/mol. The first-order chi connectivity index (χ1) is 9.18. The minimum absolute atomic E-state index is 0.0111. The Morgan fingerprint density at radius 2 is 2.05 bits per heavy atom. The molecule has 1 aromatic rings. The van der Waals surface area contributed by atoms with Crippen LogP contribution in [-0.2, 0) is 4.79 Å². The molecule has 2 N–H and O–H groups in total. The van der Waals surface area contributed by atoms with Crippen molar-refractivity contribution >= 4 is 11.8 Å². The van der Waals surface area contributed by atoms with Gasteiger partial charge in [-0.25, -0.2) is 0 Å². The fourth-order valence-corrected chi connectivity index (χ4v) is 1.64. The molecule has 1 heterocycles. The number of carboxylic acids is 1. The molecule has 0 aromatic carbocycles. The molecule has 20 heavy (non-hydrogen) atoms. The van der Waals surface area contributed by atoms with Crippen molar-refractivity contribution in [3.63, 3.8) is 0 Å². The molecule has 0 aliphatic heterocycles. The van der Waals surface area contributed by atoms with E-state index in [1.165, 1.54) is 6.20 Å². The van der Waals surface area contributed by atoms with Gasteiger partial charge in [0, 0.05) is 6.04 Å². The molecule has 0 saturated heterocycles. The van der Waals surface area contributed by atoms with Crippen LogP contribution in [0.4, 0.5) is 5.82 Å². The van der Waals surface area contributed by atoms with Crippen LogP contribution >= 0.6 is 0 Å². The fraction of sp³-hybridized carbons (Fsp3) is 0.643. The molecule has 1 atom stereocenters. The third kappa shape index (κ3) is 5.42. The number of aromatic nitrogens is 2. The van der Waals surface area contributed by atoms with E-state index in [4.69, 9.17) is 9.84 Å². The summed E-state index contributed by atoms with van der Waals surface area (Å²) < 4.78 is 5.47. The second-order valence-electron chi connectivity index (χ2n) is 6.07. The van der Waals surface area contributed by atoms with E-state index in [-0.39, 0.29) is 24.0 Å². The Kier molecular flexibility index (Phi) is 5.30. The normalized spacial score (nSPS) is 13.1. The van der Waals surface area contributed by atoms with Crippen LogP contribution in [-0.4, -0.2) is 33.2 Å². The van der Waals surface area contributed by atoms with Crippen molar-refractivity contribution in [3.8, 4) is 5.88 Å². The van der Waals surface area contributed by atoms with Gasteiger partial charge in [0.2, 0.25) is 5.88 Å². The summed E-state index contributed by atoms with van der Waals surface area (Å²) in [6.07, 6.45) is 3.12. The number of ether oxygens (including phenoxy) is 1. The molecule has 112 valence electrons. The van der Waals surface area contributed by atoms with E-state index >= 15 is 0 Å². The lowest BCUT2D eigenvalue weighted by Crippen LogP contribution is -2.36. The molecule has 0 aliphatic carbocycles. The highest BCUT2D eigenvalue weighted by Gasteiger charge is 2.27. The molecule has 0 amide bonds. The smallest absolute Gasteiger partial charge is 0.305 e. The maximum Gasteiger partial charge on any atom is 0.305 e. The lowest BCUT2D eigenvalue weighted by atomic mass is 9.85. The predicted molar refractivity (Wildman–Crippen MR) is 76.9 cm³/mol. The Morgan fingerprint density at radius 1 is 1.40 bits per heavy atom. The number of carbonyl (C=O) groups is 1. The molecule has 0 radical (unpaired) electrons. The molecular weight excluding hydrogens is 258 g/mol. The summed E-state index contributed by atoms with van der Waals surface area (Å²) in [5, 5.41) is 12.1. The van der Waals surface area contributed by atoms with Crippen molar-refractivity contribution in [1.82, 2.24) is 9.97 Å². The number of rotatable bonds is 6. The quantitative estimate of drug-likeness (QED) is 0.833. The minimum Gasteiger partial charge on any atom is -0.481 e. The first kappa shape index (κ1) is 16.2. The van der Waals surface area contributed by atoms with Gasteiger partial charge in [-0.2, -0.15) is 4.98 Å². The number of anilines is 1. The maximum absolute atomic E-state index is 11.0. The molecule has 6 nitrogen and oxygen atoms in total. The zero-order valence-corrected chi connectivity index (χ0v) is 12.7. The molecule has 0 fully saturated rings. The Labute approximate surface area is 119 Å². The summed E-state index contributed by atoms with van der Waals surface area (Å²) >= 11 is 0. The highest BCUT2D eigenvalue weighted by Crippen LogP contribution is 2.25. The van der Waals surface area contributed by atoms with E-state index in [9.17, 15) is 4.79 Å². The standard InChI is InChI=1S/C14H23N3O3/c1-9(2)20-12-8-15-7-11(17-12)16-10(6-13(18)19)14(3,4)5/h7-10H,6H2,1-5H3,(H,16,17)(H,18,19). The number of carboxylic acid groups (broad SMARTS) is 1. The average Bonchev–Trinajstić information content (AvgIpc) is 2.25. The molecule has 1 rings (SSSR count). The van der Waals surface area contributed by atoms with E-state index in [0.29, 0.717) is 11.7 Å². The van der Waals surface area contributed by atoms with Gasteiger partial charge in [0.1, 0.15) is 5.82 Å². The first-order valence-electron chi connectivity index (χ1n) is 6.65. The number of aliphatic carboxylic acids is 1. The van der Waals surface area contributed by atoms with Crippen LogP contribution in [0.25, 0.3) is 0 Å². The van der Waals surface area contributed by atoms with Crippen molar-refractivity contribution in [3.05, 3.63) is 12.4 Å². The predicted octanol–water partition coefficient (Wildman–Crippen LogP) is 2.57. The summed E-state index contributed by atoms with van der Waals surface area (Å²) in [5.74, 6) is 0.0947. The molecule has 0 bridgehead atoms. The Hall–Kier alpha value is -1.85. The van der Waals surface area contributed by atoms with Crippen LogP contribution in [0.1, 0.15) is 41.0 Å². The second-order valence-corrected chi connectivity index (χ2v) is 6.07. The zero-order valence-electron chi connectivity index (χ0n) is 12.7. The van der Waals surface area contributed by atoms with Crippen LogP contribution in [0.2, 0.25) is 0 Å².